The zero-order valence-electron chi connectivity index (χ0n) is 23.9. The zero-order valence-corrected chi connectivity index (χ0v) is 23.9. The van der Waals surface area contributed by atoms with Crippen LogP contribution in [-0.2, 0) is 0 Å². The molecule has 0 atom stereocenters. The average Bonchev–Trinajstić information content (AvgIpc) is 3.09. The lowest BCUT2D eigenvalue weighted by molar-refractivity contribution is 1.37. The molecule has 202 valence electrons. The molecular weight excluding hydrogens is 530 g/mol. The molecule has 0 saturated carbocycles. The average molecular weight is 556 g/mol. The van der Waals surface area contributed by atoms with Crippen LogP contribution < -0.4 is 0 Å². The molecule has 0 saturated heterocycles. The number of hydrogen-bond acceptors (Lipinski definition) is 1. The van der Waals surface area contributed by atoms with Gasteiger partial charge in [-0.25, -0.2) is 0 Å². The Hall–Kier alpha value is -5.79. The van der Waals surface area contributed by atoms with Crippen LogP contribution in [0.2, 0.25) is 0 Å². The normalized spacial score (nSPS) is 12.1. The van der Waals surface area contributed by atoms with E-state index < -0.39 is 0 Å². The molecule has 9 aromatic carbocycles. The Kier molecular flexibility index (Phi) is 4.78. The first-order valence-electron chi connectivity index (χ1n) is 15.2. The van der Waals surface area contributed by atoms with Crippen molar-refractivity contribution < 1.29 is 0 Å². The van der Waals surface area contributed by atoms with Gasteiger partial charge in [-0.3, -0.25) is 4.98 Å². The Morgan fingerprint density at radius 3 is 1.75 bits per heavy atom. The number of aromatic nitrogens is 1. The Labute approximate surface area is 254 Å². The van der Waals surface area contributed by atoms with Gasteiger partial charge in [0.2, 0.25) is 0 Å². The molecule has 0 fully saturated rings. The highest BCUT2D eigenvalue weighted by atomic mass is 14.6. The van der Waals surface area contributed by atoms with E-state index in [1.54, 1.807) is 0 Å². The van der Waals surface area contributed by atoms with Crippen LogP contribution in [0.3, 0.4) is 0 Å². The molecule has 0 radical (unpaired) electrons. The summed E-state index contributed by atoms with van der Waals surface area (Å²) in [5.41, 5.74) is 4.98. The Morgan fingerprint density at radius 1 is 0.341 bits per heavy atom. The lowest BCUT2D eigenvalue weighted by atomic mass is 9.83. The maximum Gasteiger partial charge on any atom is 0.0353 e. The van der Waals surface area contributed by atoms with Gasteiger partial charge in [0.1, 0.15) is 0 Å². The van der Waals surface area contributed by atoms with Crippen molar-refractivity contribution in [3.05, 3.63) is 152 Å². The largest absolute Gasteiger partial charge is 0.264 e. The molecule has 1 heterocycles. The third-order valence-corrected chi connectivity index (χ3v) is 9.66. The molecule has 1 nitrogen and oxygen atoms in total. The van der Waals surface area contributed by atoms with Crippen molar-refractivity contribution >= 4 is 75.4 Å². The zero-order chi connectivity index (χ0) is 28.8. The van der Waals surface area contributed by atoms with Crippen LogP contribution in [0, 0.1) is 0 Å². The van der Waals surface area contributed by atoms with Gasteiger partial charge in [0, 0.05) is 17.8 Å². The number of pyridine rings is 1. The molecule has 10 rings (SSSR count). The van der Waals surface area contributed by atoms with Gasteiger partial charge in [-0.2, -0.15) is 0 Å². The second-order valence-electron chi connectivity index (χ2n) is 11.9. The van der Waals surface area contributed by atoms with Crippen molar-refractivity contribution in [2.75, 3.05) is 0 Å². The molecule has 0 amide bonds. The smallest absolute Gasteiger partial charge is 0.0353 e. The highest BCUT2D eigenvalue weighted by Crippen LogP contribution is 2.48. The van der Waals surface area contributed by atoms with Crippen LogP contribution >= 0.6 is 0 Å². The first-order valence-corrected chi connectivity index (χ1v) is 15.2. The molecule has 0 unspecified atom stereocenters. The molecule has 1 aromatic heterocycles. The Morgan fingerprint density at radius 2 is 0.932 bits per heavy atom. The predicted octanol–water partition coefficient (Wildman–Crippen LogP) is 11.9. The fourth-order valence-electron chi connectivity index (χ4n) is 7.83. The van der Waals surface area contributed by atoms with E-state index in [9.17, 15) is 0 Å². The lowest BCUT2D eigenvalue weighted by Crippen LogP contribution is -1.93. The summed E-state index contributed by atoms with van der Waals surface area (Å²) in [4.78, 5) is 4.69. The molecule has 10 aromatic rings. The Bertz CT molecular complexity index is 2660. The minimum Gasteiger partial charge on any atom is -0.264 e. The van der Waals surface area contributed by atoms with E-state index in [0.717, 1.165) is 0 Å². The first-order chi connectivity index (χ1) is 21.8. The molecule has 0 aliphatic heterocycles. The van der Waals surface area contributed by atoms with E-state index in [1.807, 2.05) is 6.20 Å². The summed E-state index contributed by atoms with van der Waals surface area (Å²) >= 11 is 0. The number of nitrogens with zero attached hydrogens (tertiary/aromatic N) is 1. The highest BCUT2D eigenvalue weighted by molar-refractivity contribution is 6.35. The van der Waals surface area contributed by atoms with E-state index in [4.69, 9.17) is 0 Å². The van der Waals surface area contributed by atoms with Crippen molar-refractivity contribution in [2.45, 2.75) is 0 Å². The van der Waals surface area contributed by atoms with Gasteiger partial charge in [-0.1, -0.05) is 127 Å². The Balaban J connectivity index is 1.36. The number of rotatable bonds is 2. The van der Waals surface area contributed by atoms with Crippen LogP contribution in [0.15, 0.2) is 152 Å². The van der Waals surface area contributed by atoms with Crippen LogP contribution in [0.25, 0.3) is 97.7 Å². The topological polar surface area (TPSA) is 12.9 Å². The maximum absolute atomic E-state index is 4.69. The van der Waals surface area contributed by atoms with Gasteiger partial charge >= 0.3 is 0 Å². The van der Waals surface area contributed by atoms with E-state index >= 15 is 0 Å². The van der Waals surface area contributed by atoms with Gasteiger partial charge in [0.05, 0.1) is 0 Å². The molecule has 0 aliphatic rings. The van der Waals surface area contributed by atoms with Gasteiger partial charge in [0.25, 0.3) is 0 Å². The standard InChI is InChI=1S/C43H25N/c1-2-9-28-24-29(19-18-26(28)8-1)41-30-12-3-4-13-33(30)43(39-25-44-23-22-38(39)41)37-21-20-36-32-15-6-11-27-10-5-14-31(40(27)32)34-16-7-17-35(37)42(34)36/h1-25H. The van der Waals surface area contributed by atoms with Crippen molar-refractivity contribution in [3.8, 4) is 22.3 Å². The minimum atomic E-state index is 1.17. The van der Waals surface area contributed by atoms with Crippen molar-refractivity contribution in [1.82, 2.24) is 4.98 Å². The third-order valence-electron chi connectivity index (χ3n) is 9.66. The highest BCUT2D eigenvalue weighted by Gasteiger charge is 2.20. The molecule has 0 spiro atoms. The second kappa shape index (κ2) is 8.86. The van der Waals surface area contributed by atoms with Gasteiger partial charge in [0.15, 0.2) is 0 Å². The van der Waals surface area contributed by atoms with E-state index in [0.29, 0.717) is 0 Å². The monoisotopic (exact) mass is 555 g/mol. The quantitative estimate of drug-likeness (QED) is 0.153. The molecule has 0 aliphatic carbocycles. The van der Waals surface area contributed by atoms with Crippen molar-refractivity contribution in [2.24, 2.45) is 0 Å². The van der Waals surface area contributed by atoms with Gasteiger partial charge < -0.3 is 0 Å². The van der Waals surface area contributed by atoms with Crippen LogP contribution in [0.5, 0.6) is 0 Å². The lowest BCUT2D eigenvalue weighted by Gasteiger charge is -2.20. The molecule has 0 N–H and O–H groups in total. The van der Waals surface area contributed by atoms with E-state index in [2.05, 4.69) is 151 Å². The van der Waals surface area contributed by atoms with Crippen molar-refractivity contribution in [3.63, 3.8) is 0 Å². The van der Waals surface area contributed by atoms with Crippen LogP contribution in [0.4, 0.5) is 0 Å². The fourth-order valence-corrected chi connectivity index (χ4v) is 7.83. The van der Waals surface area contributed by atoms with E-state index in [-0.39, 0.29) is 0 Å². The number of hydrogen-bond donors (Lipinski definition) is 0. The SMILES string of the molecule is c1ccc2cc(-c3c4ccccc4c(-c4ccc5c6cccc7cccc(c8cccc4c85)c76)c4cnccc34)ccc2c1. The van der Waals surface area contributed by atoms with E-state index in [1.165, 1.54) is 97.7 Å². The van der Waals surface area contributed by atoms with Crippen LogP contribution in [0.1, 0.15) is 0 Å². The summed E-state index contributed by atoms with van der Waals surface area (Å²) in [5.74, 6) is 0. The predicted molar refractivity (Wildman–Crippen MR) is 189 cm³/mol. The number of benzene rings is 9. The fraction of sp³-hybridized carbons (Fsp3) is 0. The van der Waals surface area contributed by atoms with Crippen molar-refractivity contribution in [1.29, 1.82) is 0 Å². The summed E-state index contributed by atoms with van der Waals surface area (Å²) in [6, 6.07) is 51.4. The maximum atomic E-state index is 4.69. The first kappa shape index (κ1) is 23.7. The summed E-state index contributed by atoms with van der Waals surface area (Å²) in [6.45, 7) is 0. The number of fused-ring (bicyclic) bond motifs is 5. The summed E-state index contributed by atoms with van der Waals surface area (Å²) < 4.78 is 0. The summed E-state index contributed by atoms with van der Waals surface area (Å²) in [7, 11) is 0. The van der Waals surface area contributed by atoms with Crippen LogP contribution in [-0.4, -0.2) is 4.98 Å². The molecular formula is C43H25N. The molecule has 1 heteroatoms. The van der Waals surface area contributed by atoms with Gasteiger partial charge in [-0.15, -0.1) is 0 Å². The minimum absolute atomic E-state index is 1.17. The summed E-state index contributed by atoms with van der Waals surface area (Å²) in [5, 5.41) is 17.9. The molecule has 0 bridgehead atoms. The second-order valence-corrected chi connectivity index (χ2v) is 11.9. The molecule has 44 heavy (non-hydrogen) atoms. The van der Waals surface area contributed by atoms with Gasteiger partial charge in [-0.05, 0) is 104 Å². The summed E-state index contributed by atoms with van der Waals surface area (Å²) in [6.07, 6.45) is 3.99. The third kappa shape index (κ3) is 3.16.